The molecule has 0 saturated carbocycles. The van der Waals surface area contributed by atoms with E-state index >= 15 is 0 Å². The monoisotopic (exact) mass is 635 g/mol. The Bertz CT molecular complexity index is 2900. The minimum absolute atomic E-state index is 0.717. The van der Waals surface area contributed by atoms with Gasteiger partial charge in [0.25, 0.3) is 0 Å². The maximum Gasteiger partial charge on any atom is 0.160 e. The molecule has 10 aromatic rings. The smallest absolute Gasteiger partial charge is 0.160 e. The fraction of sp³-hybridized carbons (Fsp3) is 0. The van der Waals surface area contributed by atoms with Gasteiger partial charge in [0.2, 0.25) is 0 Å². The molecule has 2 heterocycles. The van der Waals surface area contributed by atoms with Crippen LogP contribution in [0.1, 0.15) is 0 Å². The van der Waals surface area contributed by atoms with Gasteiger partial charge in [-0.3, -0.25) is 4.98 Å². The standard InChI is InChI=1S/C47H29N3/c1-2-11-30(12-3-1)32-20-23-40-43(27-32)46(47-48-25-10-26-49-47)39-18-9-8-17-38(39)45(40)33-21-24-44(50-29-33)42-28-41-34-14-5-4-13-31(34)19-22-37(41)35-15-6-7-16-36(35)42/h1-29H. The highest BCUT2D eigenvalue weighted by Crippen LogP contribution is 2.44. The van der Waals surface area contributed by atoms with E-state index in [-0.39, 0.29) is 0 Å². The molecule has 0 unspecified atom stereocenters. The summed E-state index contributed by atoms with van der Waals surface area (Å²) in [5, 5.41) is 11.9. The first-order valence-electron chi connectivity index (χ1n) is 16.9. The van der Waals surface area contributed by atoms with E-state index < -0.39 is 0 Å². The third-order valence-electron chi connectivity index (χ3n) is 10.0. The molecule has 0 aliphatic heterocycles. The number of aromatic nitrogens is 3. The van der Waals surface area contributed by atoms with Gasteiger partial charge in [-0.05, 0) is 94.8 Å². The largest absolute Gasteiger partial charge is 0.256 e. The van der Waals surface area contributed by atoms with E-state index in [1.165, 1.54) is 37.9 Å². The summed E-state index contributed by atoms with van der Waals surface area (Å²) in [5.41, 5.74) is 7.67. The number of nitrogens with zero attached hydrogens (tertiary/aromatic N) is 3. The molecular weight excluding hydrogens is 607 g/mol. The van der Waals surface area contributed by atoms with Crippen molar-refractivity contribution in [3.05, 3.63) is 176 Å². The highest BCUT2D eigenvalue weighted by Gasteiger charge is 2.19. The lowest BCUT2D eigenvalue weighted by molar-refractivity contribution is 1.18. The molecular formula is C47H29N3. The number of rotatable bonds is 4. The van der Waals surface area contributed by atoms with Gasteiger partial charge in [0.05, 0.1) is 5.69 Å². The number of fused-ring (bicyclic) bond motifs is 7. The molecule has 10 rings (SSSR count). The summed E-state index contributed by atoms with van der Waals surface area (Å²) in [5.74, 6) is 0.717. The van der Waals surface area contributed by atoms with Crippen molar-refractivity contribution in [2.24, 2.45) is 0 Å². The summed E-state index contributed by atoms with van der Waals surface area (Å²) in [4.78, 5) is 14.7. The Balaban J connectivity index is 1.21. The summed E-state index contributed by atoms with van der Waals surface area (Å²) in [6.07, 6.45) is 5.68. The molecule has 0 saturated heterocycles. The van der Waals surface area contributed by atoms with Crippen LogP contribution in [-0.2, 0) is 0 Å². The number of pyridine rings is 1. The fourth-order valence-electron chi connectivity index (χ4n) is 7.74. The average molecular weight is 636 g/mol. The number of hydrogen-bond acceptors (Lipinski definition) is 3. The van der Waals surface area contributed by atoms with Crippen molar-refractivity contribution in [2.45, 2.75) is 0 Å². The van der Waals surface area contributed by atoms with Crippen molar-refractivity contribution >= 4 is 53.9 Å². The Kier molecular flexibility index (Phi) is 6.49. The zero-order valence-electron chi connectivity index (χ0n) is 27.1. The molecule has 0 amide bonds. The Morgan fingerprint density at radius 3 is 1.72 bits per heavy atom. The van der Waals surface area contributed by atoms with Crippen LogP contribution in [0.3, 0.4) is 0 Å². The van der Waals surface area contributed by atoms with Gasteiger partial charge in [-0.15, -0.1) is 0 Å². The van der Waals surface area contributed by atoms with E-state index in [0.29, 0.717) is 0 Å². The molecule has 0 aliphatic rings. The minimum atomic E-state index is 0.717. The highest BCUT2D eigenvalue weighted by atomic mass is 14.9. The third kappa shape index (κ3) is 4.48. The summed E-state index contributed by atoms with van der Waals surface area (Å²) in [6, 6.07) is 56.3. The highest BCUT2D eigenvalue weighted by molar-refractivity contribution is 6.22. The zero-order valence-corrected chi connectivity index (χ0v) is 27.1. The maximum absolute atomic E-state index is 5.20. The fourth-order valence-corrected chi connectivity index (χ4v) is 7.74. The minimum Gasteiger partial charge on any atom is -0.256 e. The summed E-state index contributed by atoms with van der Waals surface area (Å²) in [6.45, 7) is 0. The lowest BCUT2D eigenvalue weighted by Crippen LogP contribution is -1.95. The lowest BCUT2D eigenvalue weighted by Gasteiger charge is -2.18. The van der Waals surface area contributed by atoms with Crippen molar-refractivity contribution in [1.82, 2.24) is 15.0 Å². The van der Waals surface area contributed by atoms with Crippen molar-refractivity contribution in [3.63, 3.8) is 0 Å². The molecule has 0 fully saturated rings. The molecule has 0 bridgehead atoms. The van der Waals surface area contributed by atoms with E-state index in [2.05, 4.69) is 152 Å². The second kappa shape index (κ2) is 11.5. The van der Waals surface area contributed by atoms with E-state index in [0.717, 1.165) is 60.9 Å². The third-order valence-corrected chi connectivity index (χ3v) is 10.0. The molecule has 0 radical (unpaired) electrons. The van der Waals surface area contributed by atoms with Crippen LogP contribution >= 0.6 is 0 Å². The topological polar surface area (TPSA) is 38.7 Å². The molecule has 2 aromatic heterocycles. The van der Waals surface area contributed by atoms with Gasteiger partial charge in [0, 0.05) is 35.3 Å². The summed E-state index contributed by atoms with van der Waals surface area (Å²) >= 11 is 0. The molecule has 50 heavy (non-hydrogen) atoms. The molecule has 0 aliphatic carbocycles. The van der Waals surface area contributed by atoms with E-state index in [4.69, 9.17) is 15.0 Å². The van der Waals surface area contributed by atoms with Crippen LogP contribution in [0.25, 0.3) is 98.8 Å². The maximum atomic E-state index is 5.20. The molecule has 232 valence electrons. The molecule has 0 N–H and O–H groups in total. The van der Waals surface area contributed by atoms with Crippen LogP contribution < -0.4 is 0 Å². The van der Waals surface area contributed by atoms with Crippen LogP contribution in [0, 0.1) is 0 Å². The Morgan fingerprint density at radius 1 is 0.320 bits per heavy atom. The van der Waals surface area contributed by atoms with Gasteiger partial charge in [0.15, 0.2) is 5.82 Å². The Hall–Kier alpha value is -6.71. The Morgan fingerprint density at radius 2 is 0.940 bits per heavy atom. The molecule has 0 atom stereocenters. The molecule has 8 aromatic carbocycles. The van der Waals surface area contributed by atoms with Crippen LogP contribution in [0.5, 0.6) is 0 Å². The van der Waals surface area contributed by atoms with Gasteiger partial charge >= 0.3 is 0 Å². The van der Waals surface area contributed by atoms with Crippen molar-refractivity contribution in [1.29, 1.82) is 0 Å². The van der Waals surface area contributed by atoms with Crippen LogP contribution in [-0.4, -0.2) is 15.0 Å². The lowest BCUT2D eigenvalue weighted by atomic mass is 9.87. The van der Waals surface area contributed by atoms with Crippen molar-refractivity contribution < 1.29 is 0 Å². The predicted molar refractivity (Wildman–Crippen MR) is 209 cm³/mol. The first kappa shape index (κ1) is 28.3. The van der Waals surface area contributed by atoms with Gasteiger partial charge in [-0.2, -0.15) is 0 Å². The Labute approximate surface area is 289 Å². The zero-order chi connectivity index (χ0) is 33.0. The normalized spacial score (nSPS) is 11.6. The first-order valence-corrected chi connectivity index (χ1v) is 16.9. The summed E-state index contributed by atoms with van der Waals surface area (Å²) in [7, 11) is 0. The predicted octanol–water partition coefficient (Wildman–Crippen LogP) is 12.3. The van der Waals surface area contributed by atoms with E-state index in [1.54, 1.807) is 0 Å². The summed E-state index contributed by atoms with van der Waals surface area (Å²) < 4.78 is 0. The van der Waals surface area contributed by atoms with E-state index in [1.807, 2.05) is 24.7 Å². The first-order chi connectivity index (χ1) is 24.8. The van der Waals surface area contributed by atoms with Crippen molar-refractivity contribution in [3.8, 4) is 44.9 Å². The second-order valence-electron chi connectivity index (χ2n) is 12.8. The van der Waals surface area contributed by atoms with Crippen LogP contribution in [0.2, 0.25) is 0 Å². The van der Waals surface area contributed by atoms with Gasteiger partial charge < -0.3 is 0 Å². The number of benzene rings is 8. The SMILES string of the molecule is c1ccc(-c2ccc3c(-c4ccc(-c5cc6c7ccccc7ccc6c6ccccc56)nc4)c4ccccc4c(-c4ncccn4)c3c2)cc1. The van der Waals surface area contributed by atoms with Gasteiger partial charge in [-0.25, -0.2) is 9.97 Å². The molecule has 3 heteroatoms. The quantitative estimate of drug-likeness (QED) is 0.143. The van der Waals surface area contributed by atoms with Crippen LogP contribution in [0.4, 0.5) is 0 Å². The second-order valence-corrected chi connectivity index (χ2v) is 12.8. The average Bonchev–Trinajstić information content (AvgIpc) is 3.20. The van der Waals surface area contributed by atoms with Crippen LogP contribution in [0.15, 0.2) is 176 Å². The van der Waals surface area contributed by atoms with Gasteiger partial charge in [0.1, 0.15) is 0 Å². The number of hydrogen-bond donors (Lipinski definition) is 0. The molecule has 3 nitrogen and oxygen atoms in total. The van der Waals surface area contributed by atoms with E-state index in [9.17, 15) is 0 Å². The van der Waals surface area contributed by atoms with Gasteiger partial charge in [-0.1, -0.05) is 133 Å². The molecule has 0 spiro atoms. The van der Waals surface area contributed by atoms with Crippen molar-refractivity contribution in [2.75, 3.05) is 0 Å².